The molecule has 78 valence electrons. The average Bonchev–Trinajstić information content (AvgIpc) is 2.27. The highest BCUT2D eigenvalue weighted by Crippen LogP contribution is 2.34. The van der Waals surface area contributed by atoms with Gasteiger partial charge in [-0.1, -0.05) is 12.1 Å². The number of phenols is 1. The fourth-order valence-electron chi connectivity index (χ4n) is 1.71. The van der Waals surface area contributed by atoms with Gasteiger partial charge in [0.05, 0.1) is 12.5 Å². The van der Waals surface area contributed by atoms with Crippen molar-refractivity contribution >= 4 is 10.8 Å². The van der Waals surface area contributed by atoms with Crippen LogP contribution >= 0.6 is 0 Å². The largest absolute Gasteiger partial charge is 0.507 e. The average molecular weight is 203 g/mol. The highest BCUT2D eigenvalue weighted by Gasteiger charge is 2.07. The molecule has 0 amide bonds. The molecule has 0 unspecified atom stereocenters. The van der Waals surface area contributed by atoms with Crippen LogP contribution in [0.15, 0.2) is 30.3 Å². The summed E-state index contributed by atoms with van der Waals surface area (Å²) in [5.41, 5.74) is 6.58. The van der Waals surface area contributed by atoms with Crippen molar-refractivity contribution in [1.29, 1.82) is 0 Å². The highest BCUT2D eigenvalue weighted by molar-refractivity contribution is 5.94. The van der Waals surface area contributed by atoms with Crippen LogP contribution in [-0.4, -0.2) is 12.2 Å². The summed E-state index contributed by atoms with van der Waals surface area (Å²) in [6.45, 7) is 0.460. The molecule has 0 aromatic heterocycles. The summed E-state index contributed by atoms with van der Waals surface area (Å²) in [7, 11) is 1.58. The van der Waals surface area contributed by atoms with Crippen LogP contribution in [0.4, 0.5) is 0 Å². The van der Waals surface area contributed by atoms with Crippen LogP contribution < -0.4 is 10.5 Å². The Morgan fingerprint density at radius 1 is 1.33 bits per heavy atom. The van der Waals surface area contributed by atoms with Gasteiger partial charge in [-0.25, -0.2) is 0 Å². The Hall–Kier alpha value is -1.74. The maximum absolute atomic E-state index is 9.74. The van der Waals surface area contributed by atoms with E-state index in [1.807, 2.05) is 18.2 Å². The van der Waals surface area contributed by atoms with Gasteiger partial charge in [0.2, 0.25) is 0 Å². The topological polar surface area (TPSA) is 55.5 Å². The van der Waals surface area contributed by atoms with Crippen molar-refractivity contribution in [3.05, 3.63) is 35.9 Å². The van der Waals surface area contributed by atoms with Crippen molar-refractivity contribution < 1.29 is 9.84 Å². The van der Waals surface area contributed by atoms with Crippen molar-refractivity contribution in [3.8, 4) is 11.5 Å². The van der Waals surface area contributed by atoms with Gasteiger partial charge < -0.3 is 15.6 Å². The van der Waals surface area contributed by atoms with E-state index >= 15 is 0 Å². The van der Waals surface area contributed by atoms with Gasteiger partial charge in [-0.2, -0.15) is 0 Å². The molecule has 0 bridgehead atoms. The summed E-state index contributed by atoms with van der Waals surface area (Å²) in [6.07, 6.45) is 0. The van der Waals surface area contributed by atoms with Gasteiger partial charge in [0, 0.05) is 6.54 Å². The monoisotopic (exact) mass is 203 g/mol. The molecule has 2 rings (SSSR count). The molecule has 0 saturated carbocycles. The number of methoxy groups -OCH3 is 1. The van der Waals surface area contributed by atoms with E-state index in [9.17, 15) is 5.11 Å². The molecule has 0 aliphatic carbocycles. The first-order chi connectivity index (χ1) is 7.26. The Kier molecular flexibility index (Phi) is 2.47. The lowest BCUT2D eigenvalue weighted by atomic mass is 10.0. The fourth-order valence-corrected chi connectivity index (χ4v) is 1.71. The van der Waals surface area contributed by atoms with Crippen LogP contribution in [0, 0.1) is 0 Å². The summed E-state index contributed by atoms with van der Waals surface area (Å²) < 4.78 is 5.24. The molecule has 3 N–H and O–H groups in total. The van der Waals surface area contributed by atoms with Gasteiger partial charge in [0.1, 0.15) is 11.5 Å². The highest BCUT2D eigenvalue weighted by atomic mass is 16.5. The molecule has 0 fully saturated rings. The number of ether oxygens (including phenoxy) is 1. The number of phenolic OH excluding ortho intramolecular Hbond substituents is 1. The van der Waals surface area contributed by atoms with E-state index < -0.39 is 0 Å². The minimum Gasteiger partial charge on any atom is -0.507 e. The molecule has 0 saturated heterocycles. The number of nitrogens with two attached hydrogens (primary N) is 1. The molecule has 0 radical (unpaired) electrons. The van der Waals surface area contributed by atoms with Crippen molar-refractivity contribution in [3.63, 3.8) is 0 Å². The Labute approximate surface area is 88.1 Å². The number of aromatic hydroxyl groups is 1. The number of hydrogen-bond donors (Lipinski definition) is 2. The molecule has 3 nitrogen and oxygen atoms in total. The number of hydrogen-bond acceptors (Lipinski definition) is 3. The van der Waals surface area contributed by atoms with Gasteiger partial charge in [-0.15, -0.1) is 0 Å². The summed E-state index contributed by atoms with van der Waals surface area (Å²) >= 11 is 0. The third-order valence-corrected chi connectivity index (χ3v) is 2.43. The van der Waals surface area contributed by atoms with E-state index in [-0.39, 0.29) is 5.75 Å². The summed E-state index contributed by atoms with van der Waals surface area (Å²) in [6, 6.07) is 9.18. The maximum Gasteiger partial charge on any atom is 0.130 e. The molecule has 2 aromatic rings. The lowest BCUT2D eigenvalue weighted by molar-refractivity contribution is 0.415. The van der Waals surface area contributed by atoms with Crippen molar-refractivity contribution in [2.45, 2.75) is 6.54 Å². The second-order valence-electron chi connectivity index (χ2n) is 3.38. The summed E-state index contributed by atoms with van der Waals surface area (Å²) in [5.74, 6) is 0.888. The van der Waals surface area contributed by atoms with Crippen molar-refractivity contribution in [1.82, 2.24) is 0 Å². The predicted molar refractivity (Wildman–Crippen MR) is 60.1 cm³/mol. The van der Waals surface area contributed by atoms with E-state index in [0.29, 0.717) is 12.3 Å². The van der Waals surface area contributed by atoms with E-state index in [4.69, 9.17) is 10.5 Å². The third-order valence-electron chi connectivity index (χ3n) is 2.43. The Bertz CT molecular complexity index is 494. The van der Waals surface area contributed by atoms with Gasteiger partial charge >= 0.3 is 0 Å². The predicted octanol–water partition coefficient (Wildman–Crippen LogP) is 2.01. The molecular formula is C12H13NO2. The van der Waals surface area contributed by atoms with Crippen LogP contribution in [0.2, 0.25) is 0 Å². The van der Waals surface area contributed by atoms with E-state index in [2.05, 4.69) is 0 Å². The normalized spacial score (nSPS) is 10.5. The molecule has 2 aromatic carbocycles. The van der Waals surface area contributed by atoms with Crippen LogP contribution in [-0.2, 0) is 6.54 Å². The first-order valence-electron chi connectivity index (χ1n) is 4.75. The smallest absolute Gasteiger partial charge is 0.130 e. The van der Waals surface area contributed by atoms with Crippen LogP contribution in [0.25, 0.3) is 10.8 Å². The Morgan fingerprint density at radius 2 is 2.13 bits per heavy atom. The minimum absolute atomic E-state index is 0.230. The Morgan fingerprint density at radius 3 is 2.80 bits per heavy atom. The molecule has 0 spiro atoms. The van der Waals surface area contributed by atoms with Gasteiger partial charge in [0.15, 0.2) is 0 Å². The van der Waals surface area contributed by atoms with Gasteiger partial charge in [-0.3, -0.25) is 0 Å². The summed E-state index contributed by atoms with van der Waals surface area (Å²) in [4.78, 5) is 0. The molecule has 3 heteroatoms. The molecule has 0 aliphatic rings. The van der Waals surface area contributed by atoms with Crippen molar-refractivity contribution in [2.24, 2.45) is 5.73 Å². The molecule has 0 aliphatic heterocycles. The standard InChI is InChI=1S/C12H13NO2/c1-15-11-6-8(7-13)5-9-3-2-4-10(14)12(9)11/h2-6,14H,7,13H2,1H3. The zero-order chi connectivity index (χ0) is 10.8. The molecule has 0 heterocycles. The van der Waals surface area contributed by atoms with Crippen LogP contribution in [0.1, 0.15) is 5.56 Å². The van der Waals surface area contributed by atoms with Gasteiger partial charge in [0.25, 0.3) is 0 Å². The third kappa shape index (κ3) is 1.62. The van der Waals surface area contributed by atoms with Crippen molar-refractivity contribution in [2.75, 3.05) is 7.11 Å². The maximum atomic E-state index is 9.74. The molecule has 15 heavy (non-hydrogen) atoms. The van der Waals surface area contributed by atoms with E-state index in [0.717, 1.165) is 16.3 Å². The molecule has 0 atom stereocenters. The first-order valence-corrected chi connectivity index (χ1v) is 4.75. The lowest BCUT2D eigenvalue weighted by Gasteiger charge is -2.09. The van der Waals surface area contributed by atoms with Crippen LogP contribution in [0.3, 0.4) is 0 Å². The quantitative estimate of drug-likeness (QED) is 0.785. The number of benzene rings is 2. The number of rotatable bonds is 2. The first kappa shape index (κ1) is 9.80. The second kappa shape index (κ2) is 3.79. The zero-order valence-electron chi connectivity index (χ0n) is 8.53. The minimum atomic E-state index is 0.230. The zero-order valence-corrected chi connectivity index (χ0v) is 8.53. The van der Waals surface area contributed by atoms with E-state index in [1.165, 1.54) is 0 Å². The van der Waals surface area contributed by atoms with Gasteiger partial charge in [-0.05, 0) is 29.1 Å². The fraction of sp³-hybridized carbons (Fsp3) is 0.167. The SMILES string of the molecule is COc1cc(CN)cc2cccc(O)c12. The lowest BCUT2D eigenvalue weighted by Crippen LogP contribution is -1.97. The summed E-state index contributed by atoms with van der Waals surface area (Å²) in [5, 5.41) is 11.4. The van der Waals surface area contributed by atoms with E-state index in [1.54, 1.807) is 19.2 Å². The number of fused-ring (bicyclic) bond motifs is 1. The second-order valence-corrected chi connectivity index (χ2v) is 3.38. The Balaban J connectivity index is 2.81. The van der Waals surface area contributed by atoms with Crippen LogP contribution in [0.5, 0.6) is 11.5 Å². The molecular weight excluding hydrogens is 190 g/mol.